The van der Waals surface area contributed by atoms with Gasteiger partial charge >= 0.3 is 6.03 Å². The summed E-state index contributed by atoms with van der Waals surface area (Å²) in [5, 5.41) is 8.32. The third-order valence-corrected chi connectivity index (χ3v) is 7.81. The lowest BCUT2D eigenvalue weighted by Gasteiger charge is -2.27. The number of thioether (sulfide) groups is 1. The van der Waals surface area contributed by atoms with Gasteiger partial charge in [0.15, 0.2) is 0 Å². The molecule has 1 aliphatic rings. The highest BCUT2D eigenvalue weighted by atomic mass is 32.2. The minimum absolute atomic E-state index is 0.115. The van der Waals surface area contributed by atoms with E-state index in [9.17, 15) is 14.4 Å². The molecule has 4 amide bonds. The van der Waals surface area contributed by atoms with Gasteiger partial charge in [0.2, 0.25) is 5.91 Å². The maximum Gasteiger partial charge on any atom is 0.314 e. The van der Waals surface area contributed by atoms with E-state index in [4.69, 9.17) is 10.5 Å². The topological polar surface area (TPSA) is 126 Å². The summed E-state index contributed by atoms with van der Waals surface area (Å²) >= 11 is 1.51. The number of carbonyl (C=O) groups excluding carboxylic acids is 3. The highest BCUT2D eigenvalue weighted by Gasteiger charge is 2.33. The largest absolute Gasteiger partial charge is 0.497 e. The van der Waals surface area contributed by atoms with Crippen molar-refractivity contribution in [2.75, 3.05) is 24.8 Å². The number of benzene rings is 3. The molecule has 1 atom stereocenters. The van der Waals surface area contributed by atoms with Crippen LogP contribution < -0.4 is 31.3 Å². The van der Waals surface area contributed by atoms with Gasteiger partial charge in [-0.25, -0.2) is 4.79 Å². The number of fused-ring (bicyclic) bond motifs is 1. The average molecular weight is 576 g/mol. The van der Waals surface area contributed by atoms with Crippen LogP contribution in [0, 0.1) is 0 Å². The van der Waals surface area contributed by atoms with E-state index in [-0.39, 0.29) is 24.3 Å². The molecule has 5 N–H and O–H groups in total. The van der Waals surface area contributed by atoms with Crippen molar-refractivity contribution < 1.29 is 19.1 Å². The van der Waals surface area contributed by atoms with E-state index in [0.717, 1.165) is 32.8 Å². The standard InChI is InChI=1S/C31H37N5O4S/c1-31(2,32)16-28(37)35-25-19-41-27-15-23(40-4)13-14-26(27)36(29(25)38)18-20-9-11-21(12-10-20)24-8-6-5-7-22(24)17-34-30(39)33-3/h5-15,25H,16-19,32H2,1-4H3,(H,35,37)(H2,33,34,39)/t25-/m1/s1. The van der Waals surface area contributed by atoms with Gasteiger partial charge in [0.05, 0.1) is 19.3 Å². The van der Waals surface area contributed by atoms with Crippen LogP contribution in [0.25, 0.3) is 11.1 Å². The normalized spacial score (nSPS) is 15.0. The van der Waals surface area contributed by atoms with Gasteiger partial charge in [0.1, 0.15) is 11.8 Å². The third-order valence-electron chi connectivity index (χ3n) is 6.67. The fourth-order valence-corrected chi connectivity index (χ4v) is 5.73. The Bertz CT molecular complexity index is 1400. The molecule has 0 saturated carbocycles. The first kappa shape index (κ1) is 30.0. The number of rotatable bonds is 9. The van der Waals surface area contributed by atoms with Gasteiger partial charge < -0.3 is 31.3 Å². The summed E-state index contributed by atoms with van der Waals surface area (Å²) in [7, 11) is 3.19. The molecule has 0 spiro atoms. The summed E-state index contributed by atoms with van der Waals surface area (Å²) in [5.41, 5.74) is 10.1. The van der Waals surface area contributed by atoms with Gasteiger partial charge in [0.25, 0.3) is 5.91 Å². The second-order valence-corrected chi connectivity index (χ2v) is 11.7. The first-order valence-electron chi connectivity index (χ1n) is 13.4. The highest BCUT2D eigenvalue weighted by molar-refractivity contribution is 7.99. The molecule has 0 saturated heterocycles. The maximum atomic E-state index is 13.8. The number of carbonyl (C=O) groups is 3. The number of nitrogens with two attached hydrogens (primary N) is 1. The number of nitrogens with zero attached hydrogens (tertiary/aromatic N) is 1. The van der Waals surface area contributed by atoms with E-state index >= 15 is 0 Å². The Labute approximate surface area is 245 Å². The second kappa shape index (κ2) is 13.1. The van der Waals surface area contributed by atoms with Gasteiger partial charge in [-0.15, -0.1) is 11.8 Å². The Hall–Kier alpha value is -4.02. The predicted molar refractivity (Wildman–Crippen MR) is 163 cm³/mol. The SMILES string of the molecule is CNC(=O)NCc1ccccc1-c1ccc(CN2C(=O)[C@H](NC(=O)CC(C)(C)N)CSc3cc(OC)ccc32)cc1. The van der Waals surface area contributed by atoms with Crippen LogP contribution in [0.15, 0.2) is 71.6 Å². The van der Waals surface area contributed by atoms with E-state index in [1.165, 1.54) is 11.8 Å². The summed E-state index contributed by atoms with van der Waals surface area (Å²) in [6.45, 7) is 4.29. The molecule has 9 nitrogen and oxygen atoms in total. The van der Waals surface area contributed by atoms with Gasteiger partial charge in [-0.05, 0) is 54.3 Å². The van der Waals surface area contributed by atoms with Crippen molar-refractivity contribution in [3.05, 3.63) is 77.9 Å². The van der Waals surface area contributed by atoms with E-state index in [0.29, 0.717) is 24.6 Å². The highest BCUT2D eigenvalue weighted by Crippen LogP contribution is 2.38. The zero-order chi connectivity index (χ0) is 29.6. The molecular formula is C31H37N5O4S. The number of ether oxygens (including phenoxy) is 1. The van der Waals surface area contributed by atoms with Crippen molar-refractivity contribution in [3.8, 4) is 16.9 Å². The number of anilines is 1. The summed E-state index contributed by atoms with van der Waals surface area (Å²) in [6.07, 6.45) is 0.115. The quantitative estimate of drug-likeness (QED) is 0.305. The Kier molecular flexibility index (Phi) is 9.57. The number of amides is 4. The van der Waals surface area contributed by atoms with Gasteiger partial charge in [0, 0.05) is 36.2 Å². The maximum absolute atomic E-state index is 13.8. The summed E-state index contributed by atoms with van der Waals surface area (Å²) in [6, 6.07) is 20.6. The van der Waals surface area contributed by atoms with Crippen LogP contribution in [0.2, 0.25) is 0 Å². The van der Waals surface area contributed by atoms with Gasteiger partial charge in [-0.3, -0.25) is 9.59 Å². The van der Waals surface area contributed by atoms with Crippen molar-refractivity contribution in [2.24, 2.45) is 5.73 Å². The van der Waals surface area contributed by atoms with Crippen molar-refractivity contribution in [3.63, 3.8) is 0 Å². The summed E-state index contributed by atoms with van der Waals surface area (Å²) in [5.74, 6) is 0.657. The molecule has 3 aromatic carbocycles. The molecule has 0 fully saturated rings. The molecule has 0 radical (unpaired) electrons. The Balaban J connectivity index is 1.59. The number of nitrogens with one attached hydrogen (secondary N) is 3. The van der Waals surface area contributed by atoms with Crippen LogP contribution in [-0.4, -0.2) is 49.3 Å². The lowest BCUT2D eigenvalue weighted by molar-refractivity contribution is -0.127. The molecule has 1 heterocycles. The van der Waals surface area contributed by atoms with Gasteiger partial charge in [-0.1, -0.05) is 48.5 Å². The lowest BCUT2D eigenvalue weighted by Crippen LogP contribution is -2.51. The Morgan fingerprint density at radius 3 is 2.51 bits per heavy atom. The first-order chi connectivity index (χ1) is 19.6. The van der Waals surface area contributed by atoms with Crippen LogP contribution in [-0.2, 0) is 22.7 Å². The van der Waals surface area contributed by atoms with E-state index in [2.05, 4.69) is 16.0 Å². The van der Waals surface area contributed by atoms with E-state index in [1.54, 1.807) is 32.9 Å². The van der Waals surface area contributed by atoms with Crippen molar-refractivity contribution in [2.45, 2.75) is 49.8 Å². The Morgan fingerprint density at radius 1 is 1.10 bits per heavy atom. The number of urea groups is 1. The van der Waals surface area contributed by atoms with Crippen LogP contribution in [0.1, 0.15) is 31.4 Å². The fourth-order valence-electron chi connectivity index (χ4n) is 4.63. The fraction of sp³-hybridized carbons (Fsp3) is 0.323. The lowest BCUT2D eigenvalue weighted by atomic mass is 9.98. The zero-order valence-corrected chi connectivity index (χ0v) is 24.6. The van der Waals surface area contributed by atoms with Crippen molar-refractivity contribution >= 4 is 35.3 Å². The number of hydrogen-bond donors (Lipinski definition) is 4. The summed E-state index contributed by atoms with van der Waals surface area (Å²) < 4.78 is 5.42. The van der Waals surface area contributed by atoms with Gasteiger partial charge in [-0.2, -0.15) is 0 Å². The first-order valence-corrected chi connectivity index (χ1v) is 14.4. The van der Waals surface area contributed by atoms with Crippen molar-refractivity contribution in [1.82, 2.24) is 16.0 Å². The molecule has 4 rings (SSSR count). The molecule has 216 valence electrons. The van der Waals surface area contributed by atoms with Crippen LogP contribution in [0.3, 0.4) is 0 Å². The van der Waals surface area contributed by atoms with E-state index in [1.807, 2.05) is 66.7 Å². The molecular weight excluding hydrogens is 538 g/mol. The molecule has 3 aromatic rings. The Morgan fingerprint density at radius 2 is 1.83 bits per heavy atom. The molecule has 10 heteroatoms. The molecule has 0 bridgehead atoms. The second-order valence-electron chi connectivity index (χ2n) is 10.6. The smallest absolute Gasteiger partial charge is 0.314 e. The molecule has 1 aliphatic heterocycles. The number of hydrogen-bond acceptors (Lipinski definition) is 6. The molecule has 0 aliphatic carbocycles. The number of methoxy groups -OCH3 is 1. The molecule has 41 heavy (non-hydrogen) atoms. The molecule has 0 unspecified atom stereocenters. The minimum Gasteiger partial charge on any atom is -0.497 e. The van der Waals surface area contributed by atoms with Crippen LogP contribution in [0.4, 0.5) is 10.5 Å². The van der Waals surface area contributed by atoms with Crippen molar-refractivity contribution in [1.29, 1.82) is 0 Å². The monoisotopic (exact) mass is 575 g/mol. The average Bonchev–Trinajstić information content (AvgIpc) is 3.07. The van der Waals surface area contributed by atoms with Crippen LogP contribution >= 0.6 is 11.8 Å². The summed E-state index contributed by atoms with van der Waals surface area (Å²) in [4.78, 5) is 40.9. The minimum atomic E-state index is -0.702. The third kappa shape index (κ3) is 7.80. The van der Waals surface area contributed by atoms with E-state index < -0.39 is 11.6 Å². The zero-order valence-electron chi connectivity index (χ0n) is 23.8. The molecule has 0 aromatic heterocycles. The van der Waals surface area contributed by atoms with Crippen LogP contribution in [0.5, 0.6) is 5.75 Å². The predicted octanol–water partition coefficient (Wildman–Crippen LogP) is 4.04.